The highest BCUT2D eigenvalue weighted by atomic mass is 35.5. The van der Waals surface area contributed by atoms with Gasteiger partial charge < -0.3 is 4.90 Å². The Bertz CT molecular complexity index is 1180. The maximum atomic E-state index is 13.0. The van der Waals surface area contributed by atoms with E-state index in [9.17, 15) is 21.6 Å². The molecule has 0 bridgehead atoms. The number of rotatable bonds is 7. The number of benzene rings is 2. The summed E-state index contributed by atoms with van der Waals surface area (Å²) in [5, 5.41) is 0.0484. The van der Waals surface area contributed by atoms with Crippen molar-refractivity contribution in [2.75, 3.05) is 39.3 Å². The van der Waals surface area contributed by atoms with Crippen LogP contribution in [0, 0.1) is 0 Å². The maximum absolute atomic E-state index is 13.0. The Morgan fingerprint density at radius 1 is 0.938 bits per heavy atom. The lowest BCUT2D eigenvalue weighted by molar-refractivity contribution is 0.0697. The summed E-state index contributed by atoms with van der Waals surface area (Å²) in [5.41, 5.74) is 0.194. The van der Waals surface area contributed by atoms with Crippen molar-refractivity contribution in [3.63, 3.8) is 0 Å². The van der Waals surface area contributed by atoms with Crippen molar-refractivity contribution >= 4 is 37.6 Å². The van der Waals surface area contributed by atoms with E-state index in [4.69, 9.17) is 11.6 Å². The molecule has 0 aliphatic carbocycles. The second-order valence-electron chi connectivity index (χ2n) is 7.24. The largest absolute Gasteiger partial charge is 0.336 e. The zero-order chi connectivity index (χ0) is 23.5. The van der Waals surface area contributed by atoms with E-state index in [0.29, 0.717) is 0 Å². The summed E-state index contributed by atoms with van der Waals surface area (Å²) in [5.74, 6) is -0.366. The normalized spacial score (nSPS) is 15.8. The van der Waals surface area contributed by atoms with Crippen LogP contribution in [0.3, 0.4) is 0 Å². The highest BCUT2D eigenvalue weighted by Crippen LogP contribution is 2.27. The number of piperazine rings is 1. The molecule has 0 saturated carbocycles. The zero-order valence-electron chi connectivity index (χ0n) is 17.9. The summed E-state index contributed by atoms with van der Waals surface area (Å²) in [6.07, 6.45) is 0. The summed E-state index contributed by atoms with van der Waals surface area (Å²) >= 11 is 6.15. The molecular formula is C21H26ClN3O5S2. The standard InChI is InChI=1S/C21H26ClN3O5S2/c1-3-24(4-2)32(29,30)20-16-17(10-11-19(20)22)21(26)23-12-14-25(15-13-23)31(27,28)18-8-6-5-7-9-18/h5-11,16H,3-4,12-15H2,1-2H3. The van der Waals surface area contributed by atoms with E-state index in [1.807, 2.05) is 0 Å². The summed E-state index contributed by atoms with van der Waals surface area (Å²) in [4.78, 5) is 14.7. The minimum absolute atomic E-state index is 0.0484. The zero-order valence-corrected chi connectivity index (χ0v) is 20.3. The second kappa shape index (κ2) is 9.88. The predicted octanol–water partition coefficient (Wildman–Crippen LogP) is 2.52. The molecule has 1 aliphatic heterocycles. The van der Waals surface area contributed by atoms with Crippen LogP contribution in [0.5, 0.6) is 0 Å². The van der Waals surface area contributed by atoms with Gasteiger partial charge in [-0.1, -0.05) is 43.6 Å². The SMILES string of the molecule is CCN(CC)S(=O)(=O)c1cc(C(=O)N2CCN(S(=O)(=O)c3ccccc3)CC2)ccc1Cl. The number of hydrogen-bond acceptors (Lipinski definition) is 5. The molecule has 0 spiro atoms. The first kappa shape index (κ1) is 24.7. The monoisotopic (exact) mass is 499 g/mol. The van der Waals surface area contributed by atoms with Crippen molar-refractivity contribution in [3.8, 4) is 0 Å². The van der Waals surface area contributed by atoms with Gasteiger partial charge in [0.15, 0.2) is 0 Å². The predicted molar refractivity (Wildman–Crippen MR) is 123 cm³/mol. The quantitative estimate of drug-likeness (QED) is 0.583. The summed E-state index contributed by atoms with van der Waals surface area (Å²) in [6, 6.07) is 12.3. The van der Waals surface area contributed by atoms with Crippen molar-refractivity contribution in [1.29, 1.82) is 0 Å². The first-order valence-electron chi connectivity index (χ1n) is 10.3. The lowest BCUT2D eigenvalue weighted by Gasteiger charge is -2.34. The molecule has 1 aliphatic rings. The van der Waals surface area contributed by atoms with Crippen LogP contribution < -0.4 is 0 Å². The molecule has 2 aromatic carbocycles. The van der Waals surface area contributed by atoms with Crippen LogP contribution in [-0.4, -0.2) is 75.5 Å². The van der Waals surface area contributed by atoms with Crippen LogP contribution in [0.15, 0.2) is 58.3 Å². The lowest BCUT2D eigenvalue weighted by atomic mass is 10.2. The van der Waals surface area contributed by atoms with E-state index in [-0.39, 0.29) is 65.6 Å². The third-order valence-electron chi connectivity index (χ3n) is 5.41. The fourth-order valence-corrected chi connectivity index (χ4v) is 6.99. The summed E-state index contributed by atoms with van der Waals surface area (Å²) in [6.45, 7) is 4.73. The maximum Gasteiger partial charge on any atom is 0.253 e. The van der Waals surface area contributed by atoms with E-state index in [2.05, 4.69) is 0 Å². The molecule has 1 amide bonds. The number of halogens is 1. The molecule has 1 heterocycles. The van der Waals surface area contributed by atoms with E-state index in [0.717, 1.165) is 0 Å². The van der Waals surface area contributed by atoms with Gasteiger partial charge in [-0.3, -0.25) is 4.79 Å². The number of sulfonamides is 2. The molecule has 2 aromatic rings. The fraction of sp³-hybridized carbons (Fsp3) is 0.381. The van der Waals surface area contributed by atoms with Crippen LogP contribution >= 0.6 is 11.6 Å². The summed E-state index contributed by atoms with van der Waals surface area (Å²) < 4.78 is 54.0. The second-order valence-corrected chi connectivity index (χ2v) is 11.5. The Morgan fingerprint density at radius 2 is 1.53 bits per heavy atom. The average Bonchev–Trinajstić information content (AvgIpc) is 2.80. The Hall–Kier alpha value is -1.98. The van der Waals surface area contributed by atoms with Crippen molar-refractivity contribution in [3.05, 3.63) is 59.1 Å². The molecule has 11 heteroatoms. The van der Waals surface area contributed by atoms with Gasteiger partial charge in [0.1, 0.15) is 4.90 Å². The Kier molecular flexibility index (Phi) is 7.61. The molecule has 0 atom stereocenters. The molecule has 0 radical (unpaired) electrons. The van der Waals surface area contributed by atoms with Gasteiger partial charge in [-0.15, -0.1) is 0 Å². The first-order chi connectivity index (χ1) is 15.1. The highest BCUT2D eigenvalue weighted by Gasteiger charge is 2.31. The smallest absolute Gasteiger partial charge is 0.253 e. The van der Waals surface area contributed by atoms with Crippen molar-refractivity contribution < 1.29 is 21.6 Å². The Morgan fingerprint density at radius 3 is 2.09 bits per heavy atom. The van der Waals surface area contributed by atoms with Gasteiger partial charge in [-0.05, 0) is 30.3 Å². The third-order valence-corrected chi connectivity index (χ3v) is 9.85. The van der Waals surface area contributed by atoms with E-state index < -0.39 is 20.0 Å². The van der Waals surface area contributed by atoms with Gasteiger partial charge in [0.2, 0.25) is 20.0 Å². The molecule has 0 unspecified atom stereocenters. The third kappa shape index (κ3) is 4.84. The van der Waals surface area contributed by atoms with Crippen molar-refractivity contribution in [2.45, 2.75) is 23.6 Å². The molecule has 0 N–H and O–H groups in total. The topological polar surface area (TPSA) is 95.1 Å². The molecule has 174 valence electrons. The number of nitrogens with zero attached hydrogens (tertiary/aromatic N) is 3. The van der Waals surface area contributed by atoms with Gasteiger partial charge in [-0.25, -0.2) is 16.8 Å². The molecule has 1 fully saturated rings. The van der Waals surface area contributed by atoms with Crippen LogP contribution in [-0.2, 0) is 20.0 Å². The van der Waals surface area contributed by atoms with Gasteiger partial charge in [0, 0.05) is 44.8 Å². The molecule has 0 aromatic heterocycles. The molecule has 1 saturated heterocycles. The van der Waals surface area contributed by atoms with Gasteiger partial charge in [0.25, 0.3) is 5.91 Å². The number of amides is 1. The number of carbonyl (C=O) groups is 1. The first-order valence-corrected chi connectivity index (χ1v) is 13.5. The van der Waals surface area contributed by atoms with Gasteiger partial charge >= 0.3 is 0 Å². The molecule has 32 heavy (non-hydrogen) atoms. The van der Waals surface area contributed by atoms with Crippen LogP contribution in [0.1, 0.15) is 24.2 Å². The summed E-state index contributed by atoms with van der Waals surface area (Å²) in [7, 11) is -7.46. The van der Waals surface area contributed by atoms with Crippen molar-refractivity contribution in [1.82, 2.24) is 13.5 Å². The minimum Gasteiger partial charge on any atom is -0.336 e. The average molecular weight is 500 g/mol. The van der Waals surface area contributed by atoms with Crippen molar-refractivity contribution in [2.24, 2.45) is 0 Å². The van der Waals surface area contributed by atoms with Gasteiger partial charge in [-0.2, -0.15) is 8.61 Å². The molecular weight excluding hydrogens is 474 g/mol. The molecule has 8 nitrogen and oxygen atoms in total. The van der Waals surface area contributed by atoms with Crippen LogP contribution in [0.2, 0.25) is 5.02 Å². The van der Waals surface area contributed by atoms with Crippen LogP contribution in [0.4, 0.5) is 0 Å². The molecule has 3 rings (SSSR count). The lowest BCUT2D eigenvalue weighted by Crippen LogP contribution is -2.50. The van der Waals surface area contributed by atoms with Crippen LogP contribution in [0.25, 0.3) is 0 Å². The Labute approximate surface area is 194 Å². The van der Waals surface area contributed by atoms with E-state index in [1.54, 1.807) is 44.2 Å². The number of hydrogen-bond donors (Lipinski definition) is 0. The minimum atomic E-state index is -3.83. The highest BCUT2D eigenvalue weighted by molar-refractivity contribution is 7.89. The Balaban J connectivity index is 1.77. The fourth-order valence-electron chi connectivity index (χ4n) is 3.59. The van der Waals surface area contributed by atoms with E-state index >= 15 is 0 Å². The number of carbonyl (C=O) groups excluding carboxylic acids is 1. The van der Waals surface area contributed by atoms with Gasteiger partial charge in [0.05, 0.1) is 9.92 Å². The van der Waals surface area contributed by atoms with E-state index in [1.165, 1.54) is 31.7 Å².